The van der Waals surface area contributed by atoms with Gasteiger partial charge in [-0.1, -0.05) is 29.3 Å². The summed E-state index contributed by atoms with van der Waals surface area (Å²) in [5.41, 5.74) is 0.0128. The van der Waals surface area contributed by atoms with Gasteiger partial charge in [0.2, 0.25) is 0 Å². The second kappa shape index (κ2) is 5.83. The van der Waals surface area contributed by atoms with Gasteiger partial charge in [-0.05, 0) is 6.92 Å². The van der Waals surface area contributed by atoms with E-state index in [0.717, 1.165) is 0 Å². The Labute approximate surface area is 85.8 Å². The van der Waals surface area contributed by atoms with E-state index in [-0.39, 0.29) is 5.70 Å². The number of alkyl halides is 2. The van der Waals surface area contributed by atoms with E-state index >= 15 is 0 Å². The average Bonchev–Trinajstić information content (AvgIpc) is 2.12. The summed E-state index contributed by atoms with van der Waals surface area (Å²) in [6, 6.07) is 0. The third-order valence-electron chi connectivity index (χ3n) is 1.15. The van der Waals surface area contributed by atoms with Crippen molar-refractivity contribution in [2.75, 3.05) is 7.11 Å². The van der Waals surface area contributed by atoms with Gasteiger partial charge in [0.1, 0.15) is 5.70 Å². The van der Waals surface area contributed by atoms with Gasteiger partial charge >= 0.3 is 5.97 Å². The van der Waals surface area contributed by atoms with Crippen LogP contribution in [0.3, 0.4) is 0 Å². The van der Waals surface area contributed by atoms with Crippen LogP contribution in [0.4, 0.5) is 0 Å². The van der Waals surface area contributed by atoms with Crippen molar-refractivity contribution < 1.29 is 14.3 Å². The van der Waals surface area contributed by atoms with Crippen molar-refractivity contribution >= 4 is 35.1 Å². The van der Waals surface area contributed by atoms with Crippen molar-refractivity contribution in [2.24, 2.45) is 0 Å². The van der Waals surface area contributed by atoms with E-state index in [4.69, 9.17) is 23.2 Å². The summed E-state index contributed by atoms with van der Waals surface area (Å²) in [7, 11) is 1.21. The Kier molecular flexibility index (Phi) is 5.50. The molecular weight excluding hydrogens is 217 g/mol. The van der Waals surface area contributed by atoms with Crippen molar-refractivity contribution in [2.45, 2.75) is 11.8 Å². The van der Waals surface area contributed by atoms with E-state index in [1.165, 1.54) is 13.2 Å². The average molecular weight is 226 g/mol. The zero-order valence-corrected chi connectivity index (χ0v) is 8.65. The maximum Gasteiger partial charge on any atom is 0.354 e. The molecule has 1 N–H and O–H groups in total. The summed E-state index contributed by atoms with van der Waals surface area (Å²) in [5, 5.41) is 2.20. The fraction of sp³-hybridized carbons (Fsp3) is 0.429. The Hall–Kier alpha value is -0.740. The molecule has 0 aliphatic rings. The number of ether oxygens (including phenoxy) is 1. The first-order chi connectivity index (χ1) is 6.02. The van der Waals surface area contributed by atoms with E-state index < -0.39 is 16.7 Å². The highest BCUT2D eigenvalue weighted by Crippen LogP contribution is 2.03. The smallest absolute Gasteiger partial charge is 0.354 e. The number of esters is 1. The fourth-order valence-corrected chi connectivity index (χ4v) is 0.647. The molecule has 6 heteroatoms. The minimum Gasteiger partial charge on any atom is -0.464 e. The predicted octanol–water partition coefficient (Wildman–Crippen LogP) is 0.983. The largest absolute Gasteiger partial charge is 0.464 e. The summed E-state index contributed by atoms with van der Waals surface area (Å²) in [5.74, 6) is -1.31. The Morgan fingerprint density at radius 2 is 2.00 bits per heavy atom. The lowest BCUT2D eigenvalue weighted by Gasteiger charge is -2.06. The molecule has 0 saturated carbocycles. The number of allylic oxidation sites excluding steroid dienone is 1. The highest BCUT2D eigenvalue weighted by Gasteiger charge is 2.16. The van der Waals surface area contributed by atoms with Crippen molar-refractivity contribution in [3.05, 3.63) is 11.8 Å². The van der Waals surface area contributed by atoms with Gasteiger partial charge in [-0.3, -0.25) is 4.79 Å². The standard InChI is InChI=1S/C7H9Cl2NO3/c1-3-4(7(12)13-2)10-6(11)5(8)9/h3,5H,1-2H3,(H,10,11)/b4-3-. The lowest BCUT2D eigenvalue weighted by Crippen LogP contribution is -2.31. The second-order valence-electron chi connectivity index (χ2n) is 1.98. The number of methoxy groups -OCH3 is 1. The van der Waals surface area contributed by atoms with E-state index in [9.17, 15) is 9.59 Å². The molecule has 13 heavy (non-hydrogen) atoms. The van der Waals surface area contributed by atoms with E-state index in [2.05, 4.69) is 10.1 Å². The highest BCUT2D eigenvalue weighted by atomic mass is 35.5. The molecule has 0 rings (SSSR count). The second-order valence-corrected chi connectivity index (χ2v) is 3.08. The van der Waals surface area contributed by atoms with Crippen molar-refractivity contribution in [1.82, 2.24) is 5.32 Å². The van der Waals surface area contributed by atoms with Crippen LogP contribution >= 0.6 is 23.2 Å². The Morgan fingerprint density at radius 1 is 1.46 bits per heavy atom. The van der Waals surface area contributed by atoms with Crippen LogP contribution in [0.25, 0.3) is 0 Å². The van der Waals surface area contributed by atoms with E-state index in [1.54, 1.807) is 6.92 Å². The fourth-order valence-electron chi connectivity index (χ4n) is 0.538. The van der Waals surface area contributed by atoms with Gasteiger partial charge in [0, 0.05) is 0 Å². The highest BCUT2D eigenvalue weighted by molar-refractivity contribution is 6.53. The number of halogens is 2. The van der Waals surface area contributed by atoms with Crippen LogP contribution in [0.15, 0.2) is 11.8 Å². The SMILES string of the molecule is C/C=C(\NC(=O)C(Cl)Cl)C(=O)OC. The zero-order chi connectivity index (χ0) is 10.4. The molecule has 0 aromatic heterocycles. The van der Waals surface area contributed by atoms with Gasteiger partial charge in [0.15, 0.2) is 4.84 Å². The number of amides is 1. The Bertz CT molecular complexity index is 238. The molecule has 0 heterocycles. The van der Waals surface area contributed by atoms with E-state index in [0.29, 0.717) is 0 Å². The summed E-state index contributed by atoms with van der Waals surface area (Å²) in [6.07, 6.45) is 1.39. The Morgan fingerprint density at radius 3 is 2.31 bits per heavy atom. The summed E-state index contributed by atoms with van der Waals surface area (Å²) < 4.78 is 4.38. The van der Waals surface area contributed by atoms with Gasteiger partial charge < -0.3 is 10.1 Å². The zero-order valence-electron chi connectivity index (χ0n) is 7.14. The molecule has 0 atom stereocenters. The van der Waals surface area contributed by atoms with Gasteiger partial charge in [0.05, 0.1) is 7.11 Å². The third kappa shape index (κ3) is 4.15. The van der Waals surface area contributed by atoms with Gasteiger partial charge in [-0.15, -0.1) is 0 Å². The number of hydrogen-bond donors (Lipinski definition) is 1. The summed E-state index contributed by atoms with van der Waals surface area (Å²) in [4.78, 5) is 20.6. The molecule has 0 aromatic carbocycles. The molecular formula is C7H9Cl2NO3. The first kappa shape index (κ1) is 12.3. The molecule has 0 fully saturated rings. The molecule has 4 nitrogen and oxygen atoms in total. The van der Waals surface area contributed by atoms with Crippen LogP contribution in [0.2, 0.25) is 0 Å². The van der Waals surface area contributed by atoms with Crippen LogP contribution in [0, 0.1) is 0 Å². The Balaban J connectivity index is 4.32. The molecule has 74 valence electrons. The molecule has 0 unspecified atom stereocenters. The number of carbonyl (C=O) groups is 2. The van der Waals surface area contributed by atoms with Crippen molar-refractivity contribution in [3.8, 4) is 0 Å². The lowest BCUT2D eigenvalue weighted by molar-refractivity contribution is -0.137. The monoisotopic (exact) mass is 225 g/mol. The molecule has 0 aliphatic carbocycles. The minimum atomic E-state index is -1.21. The number of rotatable bonds is 3. The van der Waals surface area contributed by atoms with Crippen LogP contribution in [-0.2, 0) is 14.3 Å². The lowest BCUT2D eigenvalue weighted by atomic mass is 10.4. The van der Waals surface area contributed by atoms with Gasteiger partial charge in [-0.2, -0.15) is 0 Å². The molecule has 0 saturated heterocycles. The van der Waals surface area contributed by atoms with Crippen LogP contribution < -0.4 is 5.32 Å². The van der Waals surface area contributed by atoms with Crippen LogP contribution in [0.1, 0.15) is 6.92 Å². The van der Waals surface area contributed by atoms with Crippen molar-refractivity contribution in [3.63, 3.8) is 0 Å². The first-order valence-electron chi connectivity index (χ1n) is 3.36. The van der Waals surface area contributed by atoms with Gasteiger partial charge in [0.25, 0.3) is 5.91 Å². The molecule has 0 spiro atoms. The quantitative estimate of drug-likeness (QED) is 0.443. The molecule has 1 amide bonds. The first-order valence-corrected chi connectivity index (χ1v) is 4.23. The summed E-state index contributed by atoms with van der Waals surface area (Å²) in [6.45, 7) is 1.57. The molecule has 0 aromatic rings. The number of hydrogen-bond acceptors (Lipinski definition) is 3. The maximum atomic E-state index is 10.9. The van der Waals surface area contributed by atoms with Crippen molar-refractivity contribution in [1.29, 1.82) is 0 Å². The predicted molar refractivity (Wildman–Crippen MR) is 49.4 cm³/mol. The molecule has 0 bridgehead atoms. The molecule has 0 radical (unpaired) electrons. The molecule has 0 aliphatic heterocycles. The van der Waals surface area contributed by atoms with E-state index in [1.807, 2.05) is 0 Å². The van der Waals surface area contributed by atoms with Crippen LogP contribution in [-0.4, -0.2) is 23.8 Å². The number of nitrogens with one attached hydrogen (secondary N) is 1. The van der Waals surface area contributed by atoms with Gasteiger partial charge in [-0.25, -0.2) is 4.79 Å². The van der Waals surface area contributed by atoms with Crippen LogP contribution in [0.5, 0.6) is 0 Å². The topological polar surface area (TPSA) is 55.4 Å². The normalized spacial score (nSPS) is 11.3. The third-order valence-corrected chi connectivity index (χ3v) is 1.55. The number of carbonyl (C=O) groups excluding carboxylic acids is 2. The summed E-state index contributed by atoms with van der Waals surface area (Å²) >= 11 is 10.5. The minimum absolute atomic E-state index is 0.0128. The maximum absolute atomic E-state index is 10.9.